The molecular formula is C12H12ClN3. The Bertz CT molecular complexity index is 494. The molecule has 0 radical (unpaired) electrons. The van der Waals surface area contributed by atoms with Gasteiger partial charge < -0.3 is 11.1 Å². The summed E-state index contributed by atoms with van der Waals surface area (Å²) in [5.74, 6) is 0.750. The summed E-state index contributed by atoms with van der Waals surface area (Å²) >= 11 is 5.93. The van der Waals surface area contributed by atoms with E-state index in [-0.39, 0.29) is 0 Å². The Morgan fingerprint density at radius 3 is 2.75 bits per heavy atom. The van der Waals surface area contributed by atoms with Crippen molar-refractivity contribution in [3.8, 4) is 0 Å². The van der Waals surface area contributed by atoms with Gasteiger partial charge in [0.1, 0.15) is 5.82 Å². The zero-order valence-corrected chi connectivity index (χ0v) is 9.62. The van der Waals surface area contributed by atoms with Gasteiger partial charge in [-0.3, -0.25) is 0 Å². The first kappa shape index (κ1) is 10.8. The van der Waals surface area contributed by atoms with Crippen molar-refractivity contribution in [3.05, 3.63) is 47.1 Å². The maximum Gasteiger partial charge on any atom is 0.130 e. The van der Waals surface area contributed by atoms with E-state index in [4.69, 9.17) is 17.3 Å². The molecule has 0 saturated carbocycles. The van der Waals surface area contributed by atoms with Crippen LogP contribution in [-0.4, -0.2) is 4.98 Å². The third-order valence-corrected chi connectivity index (χ3v) is 2.48. The molecule has 0 amide bonds. The van der Waals surface area contributed by atoms with Gasteiger partial charge in [0.15, 0.2) is 0 Å². The molecule has 0 spiro atoms. The van der Waals surface area contributed by atoms with Crippen molar-refractivity contribution in [3.63, 3.8) is 0 Å². The number of hydrogen-bond donors (Lipinski definition) is 2. The third-order valence-electron chi connectivity index (χ3n) is 2.25. The van der Waals surface area contributed by atoms with Crippen LogP contribution in [0.15, 0.2) is 36.5 Å². The quantitative estimate of drug-likeness (QED) is 0.836. The van der Waals surface area contributed by atoms with Crippen LogP contribution >= 0.6 is 11.6 Å². The average molecular weight is 234 g/mol. The smallest absolute Gasteiger partial charge is 0.130 e. The molecule has 16 heavy (non-hydrogen) atoms. The zero-order valence-electron chi connectivity index (χ0n) is 8.87. The SMILES string of the molecule is Cc1ccc(Cl)cc1Nc1ccc(N)cn1. The highest BCUT2D eigenvalue weighted by atomic mass is 35.5. The predicted octanol–water partition coefficient (Wildman–Crippen LogP) is 3.37. The number of nitrogens with two attached hydrogens (primary N) is 1. The first-order valence-corrected chi connectivity index (χ1v) is 5.27. The molecule has 3 N–H and O–H groups in total. The van der Waals surface area contributed by atoms with Crippen LogP contribution < -0.4 is 11.1 Å². The van der Waals surface area contributed by atoms with Crippen molar-refractivity contribution in [2.45, 2.75) is 6.92 Å². The zero-order chi connectivity index (χ0) is 11.5. The molecule has 1 aromatic carbocycles. The molecule has 1 aromatic heterocycles. The highest BCUT2D eigenvalue weighted by molar-refractivity contribution is 6.30. The van der Waals surface area contributed by atoms with E-state index in [9.17, 15) is 0 Å². The summed E-state index contributed by atoms with van der Waals surface area (Å²) in [6.45, 7) is 2.01. The summed E-state index contributed by atoms with van der Waals surface area (Å²) in [4.78, 5) is 4.17. The number of hydrogen-bond acceptors (Lipinski definition) is 3. The first-order chi connectivity index (χ1) is 7.65. The number of nitrogen functional groups attached to an aromatic ring is 1. The molecule has 0 saturated heterocycles. The summed E-state index contributed by atoms with van der Waals surface area (Å²) in [7, 11) is 0. The minimum atomic E-state index is 0.647. The lowest BCUT2D eigenvalue weighted by Crippen LogP contribution is -1.96. The Hall–Kier alpha value is -1.74. The standard InChI is InChI=1S/C12H12ClN3/c1-8-2-3-9(13)6-11(8)16-12-5-4-10(14)7-15-12/h2-7H,14H2,1H3,(H,15,16). The monoisotopic (exact) mass is 233 g/mol. The number of benzene rings is 1. The topological polar surface area (TPSA) is 50.9 Å². The summed E-state index contributed by atoms with van der Waals surface area (Å²) < 4.78 is 0. The Balaban J connectivity index is 2.26. The number of rotatable bonds is 2. The summed E-state index contributed by atoms with van der Waals surface area (Å²) in [5, 5.41) is 3.89. The van der Waals surface area contributed by atoms with Gasteiger partial charge in [0.2, 0.25) is 0 Å². The number of nitrogens with zero attached hydrogens (tertiary/aromatic N) is 1. The second-order valence-corrected chi connectivity index (χ2v) is 4.00. The van der Waals surface area contributed by atoms with E-state index in [1.165, 1.54) is 0 Å². The number of halogens is 1. The Kier molecular flexibility index (Phi) is 2.97. The minimum absolute atomic E-state index is 0.647. The van der Waals surface area contributed by atoms with Crippen molar-refractivity contribution in [1.29, 1.82) is 0 Å². The molecule has 0 atom stereocenters. The highest BCUT2D eigenvalue weighted by Gasteiger charge is 2.00. The van der Waals surface area contributed by atoms with Crippen molar-refractivity contribution < 1.29 is 0 Å². The summed E-state index contributed by atoms with van der Waals surface area (Å²) in [6, 6.07) is 9.32. The first-order valence-electron chi connectivity index (χ1n) is 4.90. The molecular weight excluding hydrogens is 222 g/mol. The molecule has 0 unspecified atom stereocenters. The lowest BCUT2D eigenvalue weighted by Gasteiger charge is -2.09. The Morgan fingerprint density at radius 2 is 2.06 bits per heavy atom. The molecule has 0 aliphatic rings. The minimum Gasteiger partial charge on any atom is -0.397 e. The predicted molar refractivity (Wildman–Crippen MR) is 68.1 cm³/mol. The van der Waals surface area contributed by atoms with Crippen LogP contribution in [0.1, 0.15) is 5.56 Å². The van der Waals surface area contributed by atoms with E-state index >= 15 is 0 Å². The van der Waals surface area contributed by atoms with Crippen LogP contribution in [0.2, 0.25) is 5.02 Å². The third kappa shape index (κ3) is 2.44. The normalized spacial score (nSPS) is 10.1. The van der Waals surface area contributed by atoms with Gasteiger partial charge in [-0.2, -0.15) is 0 Å². The lowest BCUT2D eigenvalue weighted by molar-refractivity contribution is 1.30. The van der Waals surface area contributed by atoms with Crippen molar-refractivity contribution in [2.75, 3.05) is 11.1 Å². The van der Waals surface area contributed by atoms with Gasteiger partial charge in [-0.1, -0.05) is 17.7 Å². The number of aromatic nitrogens is 1. The molecule has 1 heterocycles. The molecule has 82 valence electrons. The second kappa shape index (κ2) is 4.41. The number of pyridine rings is 1. The highest BCUT2D eigenvalue weighted by Crippen LogP contribution is 2.23. The van der Waals surface area contributed by atoms with Gasteiger partial charge in [0, 0.05) is 10.7 Å². The van der Waals surface area contributed by atoms with Crippen molar-refractivity contribution >= 4 is 28.8 Å². The maximum atomic E-state index is 5.93. The van der Waals surface area contributed by atoms with E-state index in [1.807, 2.05) is 31.2 Å². The van der Waals surface area contributed by atoms with Gasteiger partial charge in [-0.15, -0.1) is 0 Å². The van der Waals surface area contributed by atoms with Crippen LogP contribution in [0, 0.1) is 6.92 Å². The van der Waals surface area contributed by atoms with Gasteiger partial charge in [-0.25, -0.2) is 4.98 Å². The molecule has 4 heteroatoms. The number of aryl methyl sites for hydroxylation is 1. The second-order valence-electron chi connectivity index (χ2n) is 3.56. The largest absolute Gasteiger partial charge is 0.397 e. The fourth-order valence-electron chi connectivity index (χ4n) is 1.35. The van der Waals surface area contributed by atoms with Gasteiger partial charge in [0.05, 0.1) is 11.9 Å². The van der Waals surface area contributed by atoms with Crippen molar-refractivity contribution in [2.24, 2.45) is 0 Å². The number of anilines is 3. The van der Waals surface area contributed by atoms with Gasteiger partial charge in [-0.05, 0) is 36.8 Å². The lowest BCUT2D eigenvalue weighted by atomic mass is 10.2. The van der Waals surface area contributed by atoms with Crippen LogP contribution in [0.25, 0.3) is 0 Å². The molecule has 2 aromatic rings. The maximum absolute atomic E-state index is 5.93. The fourth-order valence-corrected chi connectivity index (χ4v) is 1.52. The summed E-state index contributed by atoms with van der Waals surface area (Å²) in [5.41, 5.74) is 8.27. The average Bonchev–Trinajstić information content (AvgIpc) is 2.27. The van der Waals surface area contributed by atoms with Crippen LogP contribution in [0.5, 0.6) is 0 Å². The molecule has 0 fully saturated rings. The Labute approximate surface area is 99.3 Å². The summed E-state index contributed by atoms with van der Waals surface area (Å²) in [6.07, 6.45) is 1.61. The van der Waals surface area contributed by atoms with E-state index in [2.05, 4.69) is 10.3 Å². The number of nitrogens with one attached hydrogen (secondary N) is 1. The molecule has 0 aliphatic carbocycles. The van der Waals surface area contributed by atoms with Gasteiger partial charge in [0.25, 0.3) is 0 Å². The van der Waals surface area contributed by atoms with Crippen molar-refractivity contribution in [1.82, 2.24) is 4.98 Å². The van der Waals surface area contributed by atoms with E-state index in [0.717, 1.165) is 17.1 Å². The van der Waals surface area contributed by atoms with Crippen LogP contribution in [0.3, 0.4) is 0 Å². The Morgan fingerprint density at radius 1 is 1.25 bits per heavy atom. The molecule has 3 nitrogen and oxygen atoms in total. The molecule has 0 aliphatic heterocycles. The van der Waals surface area contributed by atoms with Crippen LogP contribution in [0.4, 0.5) is 17.2 Å². The van der Waals surface area contributed by atoms with Gasteiger partial charge >= 0.3 is 0 Å². The molecule has 0 bridgehead atoms. The van der Waals surface area contributed by atoms with E-state index in [0.29, 0.717) is 10.7 Å². The van der Waals surface area contributed by atoms with E-state index < -0.39 is 0 Å². The fraction of sp³-hybridized carbons (Fsp3) is 0.0833. The van der Waals surface area contributed by atoms with Crippen LogP contribution in [-0.2, 0) is 0 Å². The molecule has 2 rings (SSSR count). The van der Waals surface area contributed by atoms with E-state index in [1.54, 1.807) is 12.3 Å².